The molecule has 0 aromatic heterocycles. The van der Waals surface area contributed by atoms with Gasteiger partial charge >= 0.3 is 5.97 Å². The molecule has 0 saturated heterocycles. The predicted octanol–water partition coefficient (Wildman–Crippen LogP) is 3.38. The number of carbonyl (C=O) groups excluding carboxylic acids is 1. The van der Waals surface area contributed by atoms with Gasteiger partial charge in [-0.1, -0.05) is 71.1 Å². The van der Waals surface area contributed by atoms with Crippen LogP contribution in [0.1, 0.15) is 123 Å². The monoisotopic (exact) mass is 550 g/mol. The van der Waals surface area contributed by atoms with Gasteiger partial charge in [0.25, 0.3) is 0 Å². The van der Waals surface area contributed by atoms with Crippen LogP contribution < -0.4 is 0 Å². The van der Waals surface area contributed by atoms with Gasteiger partial charge < -0.3 is 40.1 Å². The first kappa shape index (κ1) is 37.2. The molecule has 0 amide bonds. The summed E-state index contributed by atoms with van der Waals surface area (Å²) in [6, 6.07) is 0. The van der Waals surface area contributed by atoms with Crippen LogP contribution in [0, 0.1) is 0 Å². The highest BCUT2D eigenvalue weighted by Crippen LogP contribution is 2.17. The van der Waals surface area contributed by atoms with Gasteiger partial charge in [-0.15, -0.1) is 0 Å². The third kappa shape index (κ3) is 22.1. The topological polar surface area (TPSA) is 157 Å². The molecular formula is C29H58O9. The number of aliphatic hydroxyl groups is 6. The van der Waals surface area contributed by atoms with Crippen molar-refractivity contribution in [2.45, 2.75) is 160 Å². The van der Waals surface area contributed by atoms with E-state index in [9.17, 15) is 30.3 Å². The first-order valence-electron chi connectivity index (χ1n) is 15.0. The molecule has 0 bridgehead atoms. The number of carbonyl (C=O) groups is 1. The van der Waals surface area contributed by atoms with E-state index in [0.29, 0.717) is 6.42 Å². The molecule has 0 radical (unpaired) electrons. The Labute approximate surface area is 230 Å². The van der Waals surface area contributed by atoms with Crippen LogP contribution in [0.25, 0.3) is 0 Å². The van der Waals surface area contributed by atoms with E-state index in [2.05, 4.69) is 6.92 Å². The SMILES string of the molecule is CCCCC(CCCCCCCCCCCC(O)C(O)CCC(O)C(O)CCOCC(O)CO)OC(C)=O. The summed E-state index contributed by atoms with van der Waals surface area (Å²) >= 11 is 0. The van der Waals surface area contributed by atoms with Gasteiger partial charge in [0, 0.05) is 13.5 Å². The summed E-state index contributed by atoms with van der Waals surface area (Å²) in [5.41, 5.74) is 0. The van der Waals surface area contributed by atoms with Crippen molar-refractivity contribution in [2.24, 2.45) is 0 Å². The Balaban J connectivity index is 3.70. The highest BCUT2D eigenvalue weighted by molar-refractivity contribution is 5.66. The minimum atomic E-state index is -1.03. The molecule has 228 valence electrons. The maximum Gasteiger partial charge on any atom is 0.302 e. The average Bonchev–Trinajstić information content (AvgIpc) is 2.89. The van der Waals surface area contributed by atoms with Crippen LogP contribution in [0.3, 0.4) is 0 Å². The highest BCUT2D eigenvalue weighted by atomic mass is 16.5. The fraction of sp³-hybridized carbons (Fsp3) is 0.966. The Morgan fingerprint density at radius 3 is 1.58 bits per heavy atom. The van der Waals surface area contributed by atoms with Gasteiger partial charge in [0.15, 0.2) is 0 Å². The second kappa shape index (κ2) is 25.2. The van der Waals surface area contributed by atoms with Crippen molar-refractivity contribution in [1.82, 2.24) is 0 Å². The lowest BCUT2D eigenvalue weighted by molar-refractivity contribution is -0.147. The molecule has 0 spiro atoms. The standard InChI is InChI=1S/C29H58O9/c1-3-4-14-25(38-23(2)31)15-12-10-8-6-5-7-9-11-13-16-26(33)27(34)17-18-28(35)29(36)19-20-37-22-24(32)21-30/h24-30,32-36H,3-22H2,1-2H3. The number of hydrogen-bond donors (Lipinski definition) is 6. The van der Waals surface area contributed by atoms with Crippen LogP contribution in [-0.2, 0) is 14.3 Å². The molecule has 6 N–H and O–H groups in total. The van der Waals surface area contributed by atoms with E-state index in [-0.39, 0.29) is 44.5 Å². The van der Waals surface area contributed by atoms with E-state index >= 15 is 0 Å². The highest BCUT2D eigenvalue weighted by Gasteiger charge is 2.21. The number of ether oxygens (including phenoxy) is 2. The quantitative estimate of drug-likeness (QED) is 0.0666. The van der Waals surface area contributed by atoms with Crippen LogP contribution in [0.4, 0.5) is 0 Å². The van der Waals surface area contributed by atoms with Crippen molar-refractivity contribution < 1.29 is 44.9 Å². The number of esters is 1. The average molecular weight is 551 g/mol. The fourth-order valence-electron chi connectivity index (χ4n) is 4.48. The molecule has 9 nitrogen and oxygen atoms in total. The molecule has 0 aliphatic rings. The molecule has 38 heavy (non-hydrogen) atoms. The fourth-order valence-corrected chi connectivity index (χ4v) is 4.48. The van der Waals surface area contributed by atoms with E-state index in [4.69, 9.17) is 14.6 Å². The summed E-state index contributed by atoms with van der Waals surface area (Å²) in [4.78, 5) is 11.2. The molecule has 0 heterocycles. The second-order valence-corrected chi connectivity index (χ2v) is 10.7. The molecule has 6 atom stereocenters. The second-order valence-electron chi connectivity index (χ2n) is 10.7. The van der Waals surface area contributed by atoms with Crippen molar-refractivity contribution in [3.8, 4) is 0 Å². The molecular weight excluding hydrogens is 492 g/mol. The zero-order chi connectivity index (χ0) is 28.6. The molecule has 0 rings (SSSR count). The Morgan fingerprint density at radius 2 is 1.08 bits per heavy atom. The molecule has 0 aliphatic carbocycles. The lowest BCUT2D eigenvalue weighted by Gasteiger charge is -2.22. The van der Waals surface area contributed by atoms with E-state index in [0.717, 1.165) is 57.8 Å². The zero-order valence-corrected chi connectivity index (χ0v) is 24.0. The van der Waals surface area contributed by atoms with Gasteiger partial charge in [-0.2, -0.15) is 0 Å². The molecule has 0 aliphatic heterocycles. The normalized spacial score (nSPS) is 16.5. The Morgan fingerprint density at radius 1 is 0.632 bits per heavy atom. The largest absolute Gasteiger partial charge is 0.463 e. The van der Waals surface area contributed by atoms with E-state index in [1.54, 1.807) is 0 Å². The van der Waals surface area contributed by atoms with E-state index < -0.39 is 37.1 Å². The summed E-state index contributed by atoms with van der Waals surface area (Å²) in [6.07, 6.45) is 10.5. The zero-order valence-electron chi connectivity index (χ0n) is 24.0. The number of rotatable bonds is 27. The summed E-state index contributed by atoms with van der Waals surface area (Å²) < 4.78 is 10.5. The Hall–Kier alpha value is -0.810. The third-order valence-electron chi connectivity index (χ3n) is 6.96. The first-order valence-corrected chi connectivity index (χ1v) is 15.0. The first-order chi connectivity index (χ1) is 18.2. The molecule has 0 saturated carbocycles. The van der Waals surface area contributed by atoms with E-state index in [1.807, 2.05) is 0 Å². The van der Waals surface area contributed by atoms with Gasteiger partial charge in [-0.25, -0.2) is 0 Å². The molecule has 0 aromatic carbocycles. The van der Waals surface area contributed by atoms with Crippen molar-refractivity contribution in [3.05, 3.63) is 0 Å². The summed E-state index contributed by atoms with van der Waals surface area (Å²) in [5, 5.41) is 58.3. The van der Waals surface area contributed by atoms with Gasteiger partial charge in [0.2, 0.25) is 0 Å². The minimum absolute atomic E-state index is 0.0377. The minimum Gasteiger partial charge on any atom is -0.463 e. The van der Waals surface area contributed by atoms with Crippen molar-refractivity contribution in [1.29, 1.82) is 0 Å². The summed E-state index contributed by atoms with van der Waals surface area (Å²) in [6.45, 7) is 3.34. The number of aliphatic hydroxyl groups excluding tert-OH is 6. The lowest BCUT2D eigenvalue weighted by Crippen LogP contribution is -2.32. The van der Waals surface area contributed by atoms with Gasteiger partial charge in [-0.05, 0) is 44.9 Å². The maximum absolute atomic E-state index is 11.2. The summed E-state index contributed by atoms with van der Waals surface area (Å²) in [5.74, 6) is -0.182. The van der Waals surface area contributed by atoms with Gasteiger partial charge in [0.1, 0.15) is 12.2 Å². The summed E-state index contributed by atoms with van der Waals surface area (Å²) in [7, 11) is 0. The van der Waals surface area contributed by atoms with Crippen molar-refractivity contribution in [3.63, 3.8) is 0 Å². The van der Waals surface area contributed by atoms with Crippen LogP contribution >= 0.6 is 0 Å². The van der Waals surface area contributed by atoms with Crippen LogP contribution in [0.15, 0.2) is 0 Å². The van der Waals surface area contributed by atoms with Gasteiger partial charge in [-0.3, -0.25) is 4.79 Å². The van der Waals surface area contributed by atoms with Crippen molar-refractivity contribution in [2.75, 3.05) is 19.8 Å². The van der Waals surface area contributed by atoms with Crippen LogP contribution in [0.2, 0.25) is 0 Å². The predicted molar refractivity (Wildman–Crippen MR) is 148 cm³/mol. The van der Waals surface area contributed by atoms with E-state index in [1.165, 1.54) is 32.6 Å². The number of hydrogen-bond acceptors (Lipinski definition) is 9. The number of unbranched alkanes of at least 4 members (excludes halogenated alkanes) is 9. The van der Waals surface area contributed by atoms with Gasteiger partial charge in [0.05, 0.1) is 37.6 Å². The third-order valence-corrected chi connectivity index (χ3v) is 6.96. The maximum atomic E-state index is 11.2. The Bertz CT molecular complexity index is 534. The molecule has 0 aromatic rings. The molecule has 6 unspecified atom stereocenters. The smallest absolute Gasteiger partial charge is 0.302 e. The Kier molecular flexibility index (Phi) is 24.6. The molecule has 0 fully saturated rings. The van der Waals surface area contributed by atoms with Crippen LogP contribution in [0.5, 0.6) is 0 Å². The lowest BCUT2D eigenvalue weighted by atomic mass is 9.98. The molecule has 9 heteroatoms. The van der Waals surface area contributed by atoms with Crippen molar-refractivity contribution >= 4 is 5.97 Å². The van der Waals surface area contributed by atoms with Crippen LogP contribution in [-0.4, -0.2) is 93.1 Å².